The van der Waals surface area contributed by atoms with E-state index in [1.54, 1.807) is 30.0 Å². The first-order valence-electron chi connectivity index (χ1n) is 8.03. The molecule has 7 nitrogen and oxygen atoms in total. The zero-order chi connectivity index (χ0) is 18.4. The highest BCUT2D eigenvalue weighted by Crippen LogP contribution is 2.20. The molecule has 3 aromatic rings. The maximum Gasteiger partial charge on any atom is 0.305 e. The van der Waals surface area contributed by atoms with E-state index in [-0.39, 0.29) is 11.7 Å². The SMILES string of the molecule is Cc1ccc(CCSc2cc(NNC(=O)c3ccco3)nc(N)n2)cc1. The molecular formula is C18H19N5O2S. The van der Waals surface area contributed by atoms with Crippen molar-refractivity contribution < 1.29 is 9.21 Å². The van der Waals surface area contributed by atoms with Crippen LogP contribution in [0.15, 0.2) is 58.2 Å². The van der Waals surface area contributed by atoms with Crippen molar-refractivity contribution in [1.29, 1.82) is 0 Å². The maximum atomic E-state index is 11.9. The average molecular weight is 369 g/mol. The molecule has 0 aliphatic rings. The number of nitrogens with two attached hydrogens (primary N) is 1. The number of aromatic nitrogens is 2. The first kappa shape index (κ1) is 17.8. The fourth-order valence-corrected chi connectivity index (χ4v) is 3.10. The molecule has 1 amide bonds. The van der Waals surface area contributed by atoms with Crippen LogP contribution >= 0.6 is 11.8 Å². The van der Waals surface area contributed by atoms with Gasteiger partial charge in [-0.15, -0.1) is 11.8 Å². The van der Waals surface area contributed by atoms with E-state index in [0.29, 0.717) is 5.82 Å². The summed E-state index contributed by atoms with van der Waals surface area (Å²) in [7, 11) is 0. The quantitative estimate of drug-likeness (QED) is 0.334. The van der Waals surface area contributed by atoms with Crippen LogP contribution in [0.25, 0.3) is 0 Å². The van der Waals surface area contributed by atoms with E-state index in [2.05, 4.69) is 52.0 Å². The molecule has 1 aromatic carbocycles. The maximum absolute atomic E-state index is 11.9. The Kier molecular flexibility index (Phi) is 5.75. The van der Waals surface area contributed by atoms with Crippen molar-refractivity contribution in [3.63, 3.8) is 0 Å². The molecule has 0 aliphatic carbocycles. The number of aryl methyl sites for hydroxylation is 2. The van der Waals surface area contributed by atoms with Gasteiger partial charge in [0.15, 0.2) is 11.6 Å². The summed E-state index contributed by atoms with van der Waals surface area (Å²) in [6, 6.07) is 13.4. The number of thioether (sulfide) groups is 1. The van der Waals surface area contributed by atoms with Gasteiger partial charge in [-0.3, -0.25) is 15.6 Å². The number of nitrogens with zero attached hydrogens (tertiary/aromatic N) is 2. The molecule has 4 N–H and O–H groups in total. The Balaban J connectivity index is 1.55. The third-order valence-corrected chi connectivity index (χ3v) is 4.44. The van der Waals surface area contributed by atoms with Crippen LogP contribution in [0.3, 0.4) is 0 Å². The molecule has 8 heteroatoms. The molecule has 0 saturated heterocycles. The van der Waals surface area contributed by atoms with Gasteiger partial charge in [0.1, 0.15) is 5.03 Å². The van der Waals surface area contributed by atoms with Gasteiger partial charge in [-0.25, -0.2) is 4.98 Å². The molecule has 0 atom stereocenters. The van der Waals surface area contributed by atoms with Crippen molar-refractivity contribution >= 4 is 29.4 Å². The number of anilines is 2. The highest BCUT2D eigenvalue weighted by molar-refractivity contribution is 7.99. The molecule has 2 heterocycles. The van der Waals surface area contributed by atoms with Gasteiger partial charge in [0, 0.05) is 11.8 Å². The fraction of sp³-hybridized carbons (Fsp3) is 0.167. The minimum Gasteiger partial charge on any atom is -0.459 e. The van der Waals surface area contributed by atoms with E-state index in [1.165, 1.54) is 17.4 Å². The largest absolute Gasteiger partial charge is 0.459 e. The molecule has 0 saturated carbocycles. The van der Waals surface area contributed by atoms with Crippen molar-refractivity contribution in [1.82, 2.24) is 15.4 Å². The topological polar surface area (TPSA) is 106 Å². The number of rotatable bonds is 7. The molecule has 2 aromatic heterocycles. The lowest BCUT2D eigenvalue weighted by Crippen LogP contribution is -2.29. The fourth-order valence-electron chi connectivity index (χ4n) is 2.20. The lowest BCUT2D eigenvalue weighted by atomic mass is 10.1. The lowest BCUT2D eigenvalue weighted by molar-refractivity contribution is 0.0935. The Morgan fingerprint density at radius 1 is 1.23 bits per heavy atom. The van der Waals surface area contributed by atoms with Gasteiger partial charge < -0.3 is 10.2 Å². The zero-order valence-electron chi connectivity index (χ0n) is 14.2. The number of carbonyl (C=O) groups excluding carboxylic acids is 1. The monoisotopic (exact) mass is 369 g/mol. The first-order valence-corrected chi connectivity index (χ1v) is 9.01. The van der Waals surface area contributed by atoms with E-state index >= 15 is 0 Å². The molecule has 134 valence electrons. The highest BCUT2D eigenvalue weighted by atomic mass is 32.2. The number of carbonyl (C=O) groups is 1. The molecule has 26 heavy (non-hydrogen) atoms. The molecule has 0 bridgehead atoms. The van der Waals surface area contributed by atoms with Gasteiger partial charge >= 0.3 is 5.91 Å². The number of hydrogen-bond acceptors (Lipinski definition) is 7. The van der Waals surface area contributed by atoms with Crippen molar-refractivity contribution in [2.75, 3.05) is 16.9 Å². The van der Waals surface area contributed by atoms with Crippen LogP contribution in [-0.2, 0) is 6.42 Å². The van der Waals surface area contributed by atoms with Crippen LogP contribution in [0, 0.1) is 6.92 Å². The van der Waals surface area contributed by atoms with Crippen LogP contribution in [0.1, 0.15) is 21.7 Å². The van der Waals surface area contributed by atoms with Gasteiger partial charge in [0.25, 0.3) is 0 Å². The second-order valence-electron chi connectivity index (χ2n) is 5.59. The van der Waals surface area contributed by atoms with Crippen LogP contribution in [-0.4, -0.2) is 21.6 Å². The Bertz CT molecular complexity index is 866. The number of nitrogens with one attached hydrogen (secondary N) is 2. The molecule has 0 radical (unpaired) electrons. The summed E-state index contributed by atoms with van der Waals surface area (Å²) in [6.45, 7) is 2.07. The minimum absolute atomic E-state index is 0.139. The molecular weight excluding hydrogens is 350 g/mol. The third kappa shape index (κ3) is 5.00. The van der Waals surface area contributed by atoms with E-state index < -0.39 is 5.91 Å². The van der Waals surface area contributed by atoms with Crippen molar-refractivity contribution in [2.24, 2.45) is 0 Å². The summed E-state index contributed by atoms with van der Waals surface area (Å²) < 4.78 is 5.02. The normalized spacial score (nSPS) is 10.5. The zero-order valence-corrected chi connectivity index (χ0v) is 15.0. The van der Waals surface area contributed by atoms with Gasteiger partial charge in [-0.1, -0.05) is 29.8 Å². The summed E-state index contributed by atoms with van der Waals surface area (Å²) in [5.41, 5.74) is 13.5. The number of nitrogen functional groups attached to an aromatic ring is 1. The molecule has 0 aliphatic heterocycles. The molecule has 3 rings (SSSR count). The second kappa shape index (κ2) is 8.39. The summed E-state index contributed by atoms with van der Waals surface area (Å²) in [5, 5.41) is 0.736. The summed E-state index contributed by atoms with van der Waals surface area (Å²) >= 11 is 1.58. The Hall–Kier alpha value is -3.00. The van der Waals surface area contributed by atoms with Crippen LogP contribution in [0.5, 0.6) is 0 Å². The predicted octanol–water partition coefficient (Wildman–Crippen LogP) is 3.05. The van der Waals surface area contributed by atoms with E-state index in [1.807, 2.05) is 0 Å². The van der Waals surface area contributed by atoms with Gasteiger partial charge in [0.2, 0.25) is 5.95 Å². The number of amides is 1. The molecule has 0 unspecified atom stereocenters. The van der Waals surface area contributed by atoms with Crippen LogP contribution in [0.4, 0.5) is 11.8 Å². The molecule has 0 spiro atoms. The number of furan rings is 1. The van der Waals surface area contributed by atoms with E-state index in [0.717, 1.165) is 17.2 Å². The Morgan fingerprint density at radius 2 is 2.04 bits per heavy atom. The van der Waals surface area contributed by atoms with Crippen molar-refractivity contribution in [3.05, 3.63) is 65.6 Å². The number of hydrogen-bond donors (Lipinski definition) is 3. The van der Waals surface area contributed by atoms with E-state index in [4.69, 9.17) is 10.2 Å². The van der Waals surface area contributed by atoms with Gasteiger partial charge in [0.05, 0.1) is 6.26 Å². The minimum atomic E-state index is -0.402. The van der Waals surface area contributed by atoms with Gasteiger partial charge in [-0.2, -0.15) is 4.98 Å². The second-order valence-corrected chi connectivity index (χ2v) is 6.71. The number of hydrazine groups is 1. The third-order valence-electron chi connectivity index (χ3n) is 3.53. The predicted molar refractivity (Wildman–Crippen MR) is 102 cm³/mol. The Morgan fingerprint density at radius 3 is 2.77 bits per heavy atom. The van der Waals surface area contributed by atoms with Crippen molar-refractivity contribution in [2.45, 2.75) is 18.4 Å². The van der Waals surface area contributed by atoms with Gasteiger partial charge in [-0.05, 0) is 31.0 Å². The summed E-state index contributed by atoms with van der Waals surface area (Å²) in [6.07, 6.45) is 2.35. The Labute approximate surface area is 155 Å². The standard InChI is InChI=1S/C18H19N5O2S/c1-12-4-6-13(7-5-12)8-10-26-16-11-15(20-18(19)21-16)22-23-17(24)14-3-2-9-25-14/h2-7,9,11H,8,10H2,1H3,(H,23,24)(H3,19,20,21,22). The lowest BCUT2D eigenvalue weighted by Gasteiger charge is -2.09. The smallest absolute Gasteiger partial charge is 0.305 e. The first-order chi connectivity index (χ1) is 12.6. The highest BCUT2D eigenvalue weighted by Gasteiger charge is 2.09. The van der Waals surface area contributed by atoms with Crippen molar-refractivity contribution in [3.8, 4) is 0 Å². The van der Waals surface area contributed by atoms with E-state index in [9.17, 15) is 4.79 Å². The molecule has 0 fully saturated rings. The summed E-state index contributed by atoms with van der Waals surface area (Å²) in [4.78, 5) is 20.1. The summed E-state index contributed by atoms with van der Waals surface area (Å²) in [5.74, 6) is 1.21. The van der Waals surface area contributed by atoms with Crippen LogP contribution < -0.4 is 16.6 Å². The van der Waals surface area contributed by atoms with Crippen LogP contribution in [0.2, 0.25) is 0 Å². The average Bonchev–Trinajstić information content (AvgIpc) is 3.16. The number of benzene rings is 1.